The fraction of sp³-hybridized carbons (Fsp3) is 0.310. The first-order valence-corrected chi connectivity index (χ1v) is 12.2. The highest BCUT2D eigenvalue weighted by Crippen LogP contribution is 2.28. The standard InChI is InChI=1S/C29H32N4O/c1-21-9-8-10-23(19-21)20-33-27-14-7-6-13-26(27)31-29(33)32-17-15-25(16-18-32)28(34)30-22(2)24-11-4-3-5-12-24/h3-14,19,22,25H,15-18,20H2,1-2H3,(H,30,34). The van der Waals surface area contributed by atoms with Gasteiger partial charge in [-0.05, 0) is 49.9 Å². The van der Waals surface area contributed by atoms with Crippen LogP contribution in [0.15, 0.2) is 78.9 Å². The predicted octanol–water partition coefficient (Wildman–Crippen LogP) is 5.49. The van der Waals surface area contributed by atoms with E-state index >= 15 is 0 Å². The number of fused-ring (bicyclic) bond motifs is 1. The van der Waals surface area contributed by atoms with Gasteiger partial charge in [-0.25, -0.2) is 4.98 Å². The molecule has 1 N–H and O–H groups in total. The number of benzene rings is 3. The van der Waals surface area contributed by atoms with Crippen LogP contribution in [0.4, 0.5) is 5.95 Å². The highest BCUT2D eigenvalue weighted by molar-refractivity contribution is 5.80. The van der Waals surface area contributed by atoms with Gasteiger partial charge in [-0.15, -0.1) is 0 Å². The number of piperidine rings is 1. The molecule has 0 spiro atoms. The van der Waals surface area contributed by atoms with E-state index in [0.717, 1.165) is 55.0 Å². The maximum atomic E-state index is 13.0. The summed E-state index contributed by atoms with van der Waals surface area (Å²) in [6.07, 6.45) is 1.67. The van der Waals surface area contributed by atoms with Gasteiger partial charge in [-0.1, -0.05) is 72.3 Å². The largest absolute Gasteiger partial charge is 0.349 e. The molecule has 4 aromatic rings. The number of hydrogen-bond donors (Lipinski definition) is 1. The van der Waals surface area contributed by atoms with Crippen LogP contribution in [0.2, 0.25) is 0 Å². The molecule has 5 heteroatoms. The van der Waals surface area contributed by atoms with E-state index in [9.17, 15) is 4.79 Å². The second-order valence-corrected chi connectivity index (χ2v) is 9.38. The van der Waals surface area contributed by atoms with E-state index in [1.807, 2.05) is 24.3 Å². The molecule has 1 saturated heterocycles. The average Bonchev–Trinajstić information content (AvgIpc) is 3.23. The third-order valence-electron chi connectivity index (χ3n) is 6.86. The summed E-state index contributed by atoms with van der Waals surface area (Å²) in [5.41, 5.74) is 5.84. The minimum Gasteiger partial charge on any atom is -0.349 e. The summed E-state index contributed by atoms with van der Waals surface area (Å²) in [6.45, 7) is 6.62. The number of anilines is 1. The Balaban J connectivity index is 1.30. The normalized spacial score (nSPS) is 15.4. The summed E-state index contributed by atoms with van der Waals surface area (Å²) in [5, 5.41) is 3.21. The quantitative estimate of drug-likeness (QED) is 0.421. The Bertz CT molecular complexity index is 1270. The van der Waals surface area contributed by atoms with Crippen LogP contribution < -0.4 is 10.2 Å². The van der Waals surface area contributed by atoms with Gasteiger partial charge < -0.3 is 14.8 Å². The summed E-state index contributed by atoms with van der Waals surface area (Å²) in [6, 6.07) is 27.2. The van der Waals surface area contributed by atoms with Crippen LogP contribution in [0.3, 0.4) is 0 Å². The van der Waals surface area contributed by atoms with Crippen molar-refractivity contribution in [1.82, 2.24) is 14.9 Å². The van der Waals surface area contributed by atoms with E-state index in [2.05, 4.69) is 83.2 Å². The lowest BCUT2D eigenvalue weighted by molar-refractivity contribution is -0.126. The van der Waals surface area contributed by atoms with Crippen molar-refractivity contribution in [2.75, 3.05) is 18.0 Å². The number of rotatable bonds is 6. The molecule has 1 amide bonds. The van der Waals surface area contributed by atoms with Crippen molar-refractivity contribution in [3.8, 4) is 0 Å². The van der Waals surface area contributed by atoms with Gasteiger partial charge in [0.25, 0.3) is 0 Å². The number of imidazole rings is 1. The summed E-state index contributed by atoms with van der Waals surface area (Å²) >= 11 is 0. The number of nitrogens with zero attached hydrogens (tertiary/aromatic N) is 3. The smallest absolute Gasteiger partial charge is 0.223 e. The number of carbonyl (C=O) groups excluding carboxylic acids is 1. The Morgan fingerprint density at radius 1 is 1.00 bits per heavy atom. The van der Waals surface area contributed by atoms with E-state index in [4.69, 9.17) is 4.98 Å². The van der Waals surface area contributed by atoms with Crippen molar-refractivity contribution in [1.29, 1.82) is 0 Å². The zero-order valence-electron chi connectivity index (χ0n) is 19.9. The summed E-state index contributed by atoms with van der Waals surface area (Å²) in [7, 11) is 0. The van der Waals surface area contributed by atoms with E-state index < -0.39 is 0 Å². The number of para-hydroxylation sites is 2. The highest BCUT2D eigenvalue weighted by atomic mass is 16.1. The maximum Gasteiger partial charge on any atom is 0.223 e. The van der Waals surface area contributed by atoms with Gasteiger partial charge in [0, 0.05) is 19.0 Å². The molecular formula is C29H32N4O. The molecular weight excluding hydrogens is 420 g/mol. The second-order valence-electron chi connectivity index (χ2n) is 9.38. The molecule has 1 atom stereocenters. The summed E-state index contributed by atoms with van der Waals surface area (Å²) < 4.78 is 2.32. The molecule has 1 aromatic heterocycles. The number of aromatic nitrogens is 2. The predicted molar refractivity (Wildman–Crippen MR) is 138 cm³/mol. The van der Waals surface area contributed by atoms with Crippen molar-refractivity contribution < 1.29 is 4.79 Å². The molecule has 2 heterocycles. The summed E-state index contributed by atoms with van der Waals surface area (Å²) in [5.74, 6) is 1.19. The number of amides is 1. The van der Waals surface area contributed by atoms with Crippen LogP contribution in [0.1, 0.15) is 42.5 Å². The highest BCUT2D eigenvalue weighted by Gasteiger charge is 2.28. The zero-order chi connectivity index (χ0) is 23.5. The first-order chi connectivity index (χ1) is 16.6. The number of nitrogens with one attached hydrogen (secondary N) is 1. The van der Waals surface area contributed by atoms with Crippen LogP contribution >= 0.6 is 0 Å². The molecule has 5 nitrogen and oxygen atoms in total. The molecule has 1 fully saturated rings. The molecule has 1 aliphatic rings. The van der Waals surface area contributed by atoms with Gasteiger partial charge in [-0.3, -0.25) is 4.79 Å². The van der Waals surface area contributed by atoms with Gasteiger partial charge >= 0.3 is 0 Å². The van der Waals surface area contributed by atoms with Gasteiger partial charge in [0.2, 0.25) is 11.9 Å². The lowest BCUT2D eigenvalue weighted by Crippen LogP contribution is -2.42. The van der Waals surface area contributed by atoms with Gasteiger partial charge in [-0.2, -0.15) is 0 Å². The fourth-order valence-corrected chi connectivity index (χ4v) is 4.95. The van der Waals surface area contributed by atoms with Crippen LogP contribution in [-0.2, 0) is 11.3 Å². The zero-order valence-corrected chi connectivity index (χ0v) is 19.9. The first kappa shape index (κ1) is 22.2. The second kappa shape index (κ2) is 9.72. The van der Waals surface area contributed by atoms with Crippen LogP contribution in [0, 0.1) is 12.8 Å². The van der Waals surface area contributed by atoms with Crippen molar-refractivity contribution >= 4 is 22.9 Å². The Kier molecular flexibility index (Phi) is 6.35. The Hall–Kier alpha value is -3.60. The topological polar surface area (TPSA) is 50.2 Å². The molecule has 34 heavy (non-hydrogen) atoms. The first-order valence-electron chi connectivity index (χ1n) is 12.2. The molecule has 1 aliphatic heterocycles. The molecule has 174 valence electrons. The number of carbonyl (C=O) groups is 1. The minimum atomic E-state index is 0.0188. The van der Waals surface area contributed by atoms with Crippen LogP contribution in [-0.4, -0.2) is 28.5 Å². The van der Waals surface area contributed by atoms with Gasteiger partial charge in [0.1, 0.15) is 0 Å². The lowest BCUT2D eigenvalue weighted by atomic mass is 9.95. The van der Waals surface area contributed by atoms with Crippen molar-refractivity contribution in [2.45, 2.75) is 39.3 Å². The van der Waals surface area contributed by atoms with Crippen molar-refractivity contribution in [2.24, 2.45) is 5.92 Å². The molecule has 0 aliphatic carbocycles. The lowest BCUT2D eigenvalue weighted by Gasteiger charge is -2.33. The third-order valence-corrected chi connectivity index (χ3v) is 6.86. The van der Waals surface area contributed by atoms with E-state index in [1.165, 1.54) is 11.1 Å². The van der Waals surface area contributed by atoms with E-state index in [0.29, 0.717) is 0 Å². The molecule has 0 saturated carbocycles. The molecule has 0 radical (unpaired) electrons. The summed E-state index contributed by atoms with van der Waals surface area (Å²) in [4.78, 5) is 20.3. The molecule has 5 rings (SSSR count). The monoisotopic (exact) mass is 452 g/mol. The van der Waals surface area contributed by atoms with Crippen LogP contribution in [0.5, 0.6) is 0 Å². The molecule has 0 bridgehead atoms. The van der Waals surface area contributed by atoms with E-state index in [-0.39, 0.29) is 17.9 Å². The molecule has 1 unspecified atom stereocenters. The van der Waals surface area contributed by atoms with Crippen molar-refractivity contribution in [3.05, 3.63) is 95.6 Å². The van der Waals surface area contributed by atoms with Gasteiger partial charge in [0.05, 0.1) is 23.6 Å². The number of aryl methyl sites for hydroxylation is 1. The average molecular weight is 453 g/mol. The van der Waals surface area contributed by atoms with E-state index in [1.54, 1.807) is 0 Å². The van der Waals surface area contributed by atoms with Crippen LogP contribution in [0.25, 0.3) is 11.0 Å². The maximum absolute atomic E-state index is 13.0. The Morgan fingerprint density at radius 3 is 2.50 bits per heavy atom. The SMILES string of the molecule is Cc1cccc(Cn2c(N3CCC(C(=O)NC(C)c4ccccc4)CC3)nc3ccccc32)c1. The van der Waals surface area contributed by atoms with Gasteiger partial charge in [0.15, 0.2) is 0 Å². The number of hydrogen-bond acceptors (Lipinski definition) is 3. The molecule has 3 aromatic carbocycles. The minimum absolute atomic E-state index is 0.0188. The Morgan fingerprint density at radius 2 is 1.74 bits per heavy atom. The van der Waals surface area contributed by atoms with Crippen molar-refractivity contribution in [3.63, 3.8) is 0 Å². The third kappa shape index (κ3) is 4.69. The Labute approximate surface area is 201 Å². The fourth-order valence-electron chi connectivity index (χ4n) is 4.95.